The number of hydrogen-bond donors (Lipinski definition) is 1. The van der Waals surface area contributed by atoms with Crippen LogP contribution in [-0.4, -0.2) is 35.6 Å². The molecular weight excluding hydrogens is 368 g/mol. The van der Waals surface area contributed by atoms with Gasteiger partial charge in [-0.2, -0.15) is 0 Å². The Morgan fingerprint density at radius 3 is 2.45 bits per heavy atom. The van der Waals surface area contributed by atoms with Gasteiger partial charge in [-0.25, -0.2) is 0 Å². The molecule has 154 valence electrons. The lowest BCUT2D eigenvalue weighted by Gasteiger charge is -2.29. The minimum Gasteiger partial charge on any atom is -0.454 e. The fraction of sp³-hybridized carbons (Fsp3) is 0.391. The van der Waals surface area contributed by atoms with E-state index in [9.17, 15) is 9.59 Å². The monoisotopic (exact) mass is 396 g/mol. The van der Waals surface area contributed by atoms with E-state index in [2.05, 4.69) is 5.32 Å². The van der Waals surface area contributed by atoms with Crippen molar-refractivity contribution in [3.8, 4) is 11.5 Å². The zero-order valence-electron chi connectivity index (χ0n) is 17.2. The van der Waals surface area contributed by atoms with E-state index < -0.39 is 6.04 Å². The first kappa shape index (κ1) is 20.7. The molecule has 1 atom stereocenters. The zero-order chi connectivity index (χ0) is 20.8. The van der Waals surface area contributed by atoms with Gasteiger partial charge in [0.25, 0.3) is 0 Å². The maximum absolute atomic E-state index is 13.1. The molecule has 0 aromatic heterocycles. The Balaban J connectivity index is 1.70. The van der Waals surface area contributed by atoms with Crippen molar-refractivity contribution in [3.05, 3.63) is 59.7 Å². The maximum atomic E-state index is 13.1. The molecule has 29 heavy (non-hydrogen) atoms. The number of carbonyl (C=O) groups is 2. The first-order valence-corrected chi connectivity index (χ1v) is 9.96. The van der Waals surface area contributed by atoms with Crippen molar-refractivity contribution in [2.75, 3.05) is 6.79 Å². The van der Waals surface area contributed by atoms with E-state index in [0.29, 0.717) is 25.1 Å². The zero-order valence-corrected chi connectivity index (χ0v) is 17.2. The second-order valence-corrected chi connectivity index (χ2v) is 7.53. The van der Waals surface area contributed by atoms with Gasteiger partial charge in [0.05, 0.1) is 0 Å². The quantitative estimate of drug-likeness (QED) is 0.744. The third-order valence-electron chi connectivity index (χ3n) is 4.86. The molecule has 2 aromatic carbocycles. The smallest absolute Gasteiger partial charge is 0.242 e. The highest BCUT2D eigenvalue weighted by atomic mass is 16.7. The van der Waals surface area contributed by atoms with Crippen LogP contribution in [0.15, 0.2) is 48.5 Å². The number of nitrogens with one attached hydrogen (secondary N) is 1. The van der Waals surface area contributed by atoms with E-state index in [1.54, 1.807) is 11.8 Å². The van der Waals surface area contributed by atoms with Crippen molar-refractivity contribution < 1.29 is 19.1 Å². The topological polar surface area (TPSA) is 67.9 Å². The van der Waals surface area contributed by atoms with Gasteiger partial charge in [-0.1, -0.05) is 36.4 Å². The van der Waals surface area contributed by atoms with Crippen LogP contribution in [0.2, 0.25) is 0 Å². The molecule has 0 aliphatic carbocycles. The third-order valence-corrected chi connectivity index (χ3v) is 4.86. The minimum atomic E-state index is -0.554. The first-order valence-electron chi connectivity index (χ1n) is 9.96. The van der Waals surface area contributed by atoms with Crippen molar-refractivity contribution >= 4 is 11.8 Å². The Hall–Kier alpha value is -3.02. The number of carbonyl (C=O) groups excluding carboxylic acids is 2. The maximum Gasteiger partial charge on any atom is 0.242 e. The number of rotatable bonds is 8. The van der Waals surface area contributed by atoms with Crippen LogP contribution >= 0.6 is 0 Å². The molecule has 1 N–H and O–H groups in total. The summed E-state index contributed by atoms with van der Waals surface area (Å²) < 4.78 is 10.7. The molecule has 0 bridgehead atoms. The number of amides is 2. The molecule has 1 heterocycles. The summed E-state index contributed by atoms with van der Waals surface area (Å²) in [5.41, 5.74) is 2.00. The van der Waals surface area contributed by atoms with Crippen LogP contribution in [0.4, 0.5) is 0 Å². The summed E-state index contributed by atoms with van der Waals surface area (Å²) >= 11 is 0. The standard InChI is InChI=1S/C23H28N2O4/c1-16(2)24-23(27)17(3)25(14-19-7-5-4-6-8-19)22(26)12-10-18-9-11-20-21(13-18)29-15-28-20/h4-9,11,13,16-17H,10,12,14-15H2,1-3H3,(H,24,27)/t17-/m1/s1. The summed E-state index contributed by atoms with van der Waals surface area (Å²) in [6, 6.07) is 14.9. The molecule has 2 aromatic rings. The van der Waals surface area contributed by atoms with Crippen LogP contribution in [0.3, 0.4) is 0 Å². The molecule has 0 saturated heterocycles. The Bertz CT molecular complexity index is 851. The van der Waals surface area contributed by atoms with Crippen LogP contribution < -0.4 is 14.8 Å². The van der Waals surface area contributed by atoms with Gasteiger partial charge in [-0.15, -0.1) is 0 Å². The number of nitrogens with zero attached hydrogens (tertiary/aromatic N) is 1. The number of benzene rings is 2. The summed E-state index contributed by atoms with van der Waals surface area (Å²) in [5, 5.41) is 2.90. The van der Waals surface area contributed by atoms with Gasteiger partial charge in [0.2, 0.25) is 18.6 Å². The van der Waals surface area contributed by atoms with Crippen molar-refractivity contribution in [2.45, 2.75) is 52.2 Å². The summed E-state index contributed by atoms with van der Waals surface area (Å²) in [5.74, 6) is 1.23. The number of hydrogen-bond acceptors (Lipinski definition) is 4. The Morgan fingerprint density at radius 1 is 1.00 bits per heavy atom. The fourth-order valence-corrected chi connectivity index (χ4v) is 3.26. The highest BCUT2D eigenvalue weighted by molar-refractivity contribution is 5.87. The molecule has 6 heteroatoms. The molecule has 0 radical (unpaired) electrons. The lowest BCUT2D eigenvalue weighted by atomic mass is 10.1. The molecule has 0 saturated carbocycles. The van der Waals surface area contributed by atoms with E-state index in [-0.39, 0.29) is 24.6 Å². The van der Waals surface area contributed by atoms with E-state index >= 15 is 0 Å². The fourth-order valence-electron chi connectivity index (χ4n) is 3.26. The molecule has 3 rings (SSSR count). The summed E-state index contributed by atoms with van der Waals surface area (Å²) in [4.78, 5) is 27.3. The molecular formula is C23H28N2O4. The molecule has 6 nitrogen and oxygen atoms in total. The normalized spacial score (nSPS) is 13.2. The van der Waals surface area contributed by atoms with Crippen molar-refractivity contribution in [1.82, 2.24) is 10.2 Å². The van der Waals surface area contributed by atoms with E-state index in [4.69, 9.17) is 9.47 Å². The van der Waals surface area contributed by atoms with E-state index in [0.717, 1.165) is 16.9 Å². The second kappa shape index (κ2) is 9.45. The average Bonchev–Trinajstić information content (AvgIpc) is 3.18. The predicted molar refractivity (Wildman–Crippen MR) is 111 cm³/mol. The van der Waals surface area contributed by atoms with Gasteiger partial charge in [0, 0.05) is 19.0 Å². The molecule has 0 spiro atoms. The predicted octanol–water partition coefficient (Wildman–Crippen LogP) is 3.29. The van der Waals surface area contributed by atoms with Gasteiger partial charge in [-0.05, 0) is 50.5 Å². The summed E-state index contributed by atoms with van der Waals surface area (Å²) in [7, 11) is 0. The van der Waals surface area contributed by atoms with Crippen molar-refractivity contribution in [2.24, 2.45) is 0 Å². The van der Waals surface area contributed by atoms with Gasteiger partial charge in [0.1, 0.15) is 6.04 Å². The van der Waals surface area contributed by atoms with Gasteiger partial charge >= 0.3 is 0 Å². The van der Waals surface area contributed by atoms with Crippen LogP contribution in [0.5, 0.6) is 11.5 Å². The van der Waals surface area contributed by atoms with E-state index in [1.165, 1.54) is 0 Å². The van der Waals surface area contributed by atoms with Crippen LogP contribution in [0, 0.1) is 0 Å². The number of aryl methyl sites for hydroxylation is 1. The molecule has 0 unspecified atom stereocenters. The summed E-state index contributed by atoms with van der Waals surface area (Å²) in [6.07, 6.45) is 0.880. The molecule has 1 aliphatic heterocycles. The van der Waals surface area contributed by atoms with Crippen molar-refractivity contribution in [3.63, 3.8) is 0 Å². The lowest BCUT2D eigenvalue weighted by Crippen LogP contribution is -2.49. The average molecular weight is 396 g/mol. The molecule has 2 amide bonds. The minimum absolute atomic E-state index is 0.0206. The van der Waals surface area contributed by atoms with Crippen LogP contribution in [0.25, 0.3) is 0 Å². The first-order chi connectivity index (χ1) is 13.9. The highest BCUT2D eigenvalue weighted by Crippen LogP contribution is 2.32. The Labute approximate surface area is 171 Å². The number of ether oxygens (including phenoxy) is 2. The molecule has 1 aliphatic rings. The highest BCUT2D eigenvalue weighted by Gasteiger charge is 2.26. The molecule has 0 fully saturated rings. The Kier molecular flexibility index (Phi) is 6.75. The van der Waals surface area contributed by atoms with Crippen molar-refractivity contribution in [1.29, 1.82) is 0 Å². The largest absolute Gasteiger partial charge is 0.454 e. The van der Waals surface area contributed by atoms with Gasteiger partial charge in [0.15, 0.2) is 11.5 Å². The van der Waals surface area contributed by atoms with Crippen LogP contribution in [0.1, 0.15) is 38.3 Å². The van der Waals surface area contributed by atoms with Crippen LogP contribution in [-0.2, 0) is 22.6 Å². The summed E-state index contributed by atoms with van der Waals surface area (Å²) in [6.45, 7) is 6.22. The second-order valence-electron chi connectivity index (χ2n) is 7.53. The van der Waals surface area contributed by atoms with Gasteiger partial charge < -0.3 is 19.7 Å². The third kappa shape index (κ3) is 5.50. The SMILES string of the molecule is CC(C)NC(=O)[C@@H](C)N(Cc1ccccc1)C(=O)CCc1ccc2c(c1)OCO2. The van der Waals surface area contributed by atoms with Gasteiger partial charge in [-0.3, -0.25) is 9.59 Å². The Morgan fingerprint density at radius 2 is 1.72 bits per heavy atom. The lowest BCUT2D eigenvalue weighted by molar-refractivity contribution is -0.140. The van der Waals surface area contributed by atoms with E-state index in [1.807, 2.05) is 62.4 Å². The number of fused-ring (bicyclic) bond motifs is 1.